The first-order valence-corrected chi connectivity index (χ1v) is 6.01. The number of rotatable bonds is 2. The molecule has 0 aliphatic rings. The van der Waals surface area contributed by atoms with Gasteiger partial charge in [-0.2, -0.15) is 5.10 Å². The van der Waals surface area contributed by atoms with Crippen molar-refractivity contribution in [3.63, 3.8) is 0 Å². The van der Waals surface area contributed by atoms with Gasteiger partial charge in [0.2, 0.25) is 0 Å². The minimum Gasteiger partial charge on any atom is -0.464 e. The molecule has 19 heavy (non-hydrogen) atoms. The molecule has 2 aromatic rings. The number of pyridine rings is 1. The zero-order chi connectivity index (χ0) is 14.2. The third-order valence-electron chi connectivity index (χ3n) is 3.17. The first-order chi connectivity index (χ1) is 8.93. The second kappa shape index (κ2) is 4.84. The standard InChI is InChI=1S/C14H17N3O2/c1-8-6-9(2)13(15-10(8)3)11-7-12(14(18)19-5)17(4)16-11/h6-7H,1-5H3. The molecule has 2 heterocycles. The highest BCUT2D eigenvalue weighted by atomic mass is 16.5. The summed E-state index contributed by atoms with van der Waals surface area (Å²) in [5.41, 5.74) is 5.04. The molecule has 0 unspecified atom stereocenters. The van der Waals surface area contributed by atoms with E-state index in [9.17, 15) is 4.79 Å². The lowest BCUT2D eigenvalue weighted by atomic mass is 10.1. The summed E-state index contributed by atoms with van der Waals surface area (Å²) in [6.45, 7) is 5.97. The van der Waals surface area contributed by atoms with Gasteiger partial charge in [-0.15, -0.1) is 0 Å². The average Bonchev–Trinajstić information content (AvgIpc) is 2.75. The van der Waals surface area contributed by atoms with Crippen molar-refractivity contribution in [3.8, 4) is 11.4 Å². The Morgan fingerprint density at radius 3 is 2.53 bits per heavy atom. The number of nitrogens with zero attached hydrogens (tertiary/aromatic N) is 3. The maximum Gasteiger partial charge on any atom is 0.356 e. The maximum atomic E-state index is 11.6. The number of hydrogen-bond acceptors (Lipinski definition) is 4. The molecule has 0 atom stereocenters. The molecule has 0 spiro atoms. The topological polar surface area (TPSA) is 57.0 Å². The Bertz CT molecular complexity index is 644. The smallest absolute Gasteiger partial charge is 0.356 e. The van der Waals surface area contributed by atoms with Crippen molar-refractivity contribution in [2.75, 3.05) is 7.11 Å². The number of carbonyl (C=O) groups is 1. The lowest BCUT2D eigenvalue weighted by molar-refractivity contribution is 0.0588. The number of esters is 1. The zero-order valence-electron chi connectivity index (χ0n) is 11.8. The molecular weight excluding hydrogens is 242 g/mol. The van der Waals surface area contributed by atoms with E-state index in [1.165, 1.54) is 11.8 Å². The third kappa shape index (κ3) is 2.36. The van der Waals surface area contributed by atoms with E-state index in [0.717, 1.165) is 22.5 Å². The molecule has 2 aromatic heterocycles. The summed E-state index contributed by atoms with van der Waals surface area (Å²) in [4.78, 5) is 16.1. The molecule has 0 N–H and O–H groups in total. The first-order valence-electron chi connectivity index (χ1n) is 6.01. The average molecular weight is 259 g/mol. The predicted molar refractivity (Wildman–Crippen MR) is 72.0 cm³/mol. The maximum absolute atomic E-state index is 11.6. The van der Waals surface area contributed by atoms with Gasteiger partial charge >= 0.3 is 5.97 Å². The number of carbonyl (C=O) groups excluding carboxylic acids is 1. The number of hydrogen-bond donors (Lipinski definition) is 0. The van der Waals surface area contributed by atoms with Crippen molar-refractivity contribution in [2.24, 2.45) is 7.05 Å². The number of methoxy groups -OCH3 is 1. The van der Waals surface area contributed by atoms with Gasteiger partial charge in [0.25, 0.3) is 0 Å². The summed E-state index contributed by atoms with van der Waals surface area (Å²) < 4.78 is 6.23. The molecule has 0 radical (unpaired) electrons. The molecule has 5 nitrogen and oxygen atoms in total. The van der Waals surface area contributed by atoms with Gasteiger partial charge < -0.3 is 4.74 Å². The van der Waals surface area contributed by atoms with Gasteiger partial charge in [-0.1, -0.05) is 6.07 Å². The van der Waals surface area contributed by atoms with E-state index < -0.39 is 5.97 Å². The Kier molecular flexibility index (Phi) is 3.38. The highest BCUT2D eigenvalue weighted by Gasteiger charge is 2.16. The third-order valence-corrected chi connectivity index (χ3v) is 3.17. The van der Waals surface area contributed by atoms with Crippen LogP contribution in [-0.4, -0.2) is 27.8 Å². The fraction of sp³-hybridized carbons (Fsp3) is 0.357. The van der Waals surface area contributed by atoms with Gasteiger partial charge in [0, 0.05) is 18.8 Å². The Morgan fingerprint density at radius 1 is 1.21 bits per heavy atom. The molecule has 0 aliphatic carbocycles. The van der Waals surface area contributed by atoms with E-state index in [1.807, 2.05) is 20.8 Å². The van der Waals surface area contributed by atoms with E-state index in [2.05, 4.69) is 16.1 Å². The van der Waals surface area contributed by atoms with Gasteiger partial charge in [0.05, 0.1) is 12.8 Å². The molecular formula is C14H17N3O2. The van der Waals surface area contributed by atoms with E-state index in [-0.39, 0.29) is 0 Å². The molecule has 0 fully saturated rings. The monoisotopic (exact) mass is 259 g/mol. The SMILES string of the molecule is COC(=O)c1cc(-c2nc(C)c(C)cc2C)nn1C. The minimum absolute atomic E-state index is 0.400. The zero-order valence-corrected chi connectivity index (χ0v) is 11.8. The Balaban J connectivity index is 2.54. The molecule has 0 aliphatic heterocycles. The first kappa shape index (κ1) is 13.3. The van der Waals surface area contributed by atoms with Crippen molar-refractivity contribution < 1.29 is 9.53 Å². The number of ether oxygens (including phenoxy) is 1. The summed E-state index contributed by atoms with van der Waals surface area (Å²) in [5.74, 6) is -0.400. The van der Waals surface area contributed by atoms with Gasteiger partial charge in [-0.25, -0.2) is 4.79 Å². The summed E-state index contributed by atoms with van der Waals surface area (Å²) >= 11 is 0. The van der Waals surface area contributed by atoms with Crippen molar-refractivity contribution in [3.05, 3.63) is 34.6 Å². The summed E-state index contributed by atoms with van der Waals surface area (Å²) in [6, 6.07) is 3.78. The molecule has 0 bridgehead atoms. The predicted octanol–water partition coefficient (Wildman–Crippen LogP) is 2.19. The number of aryl methyl sites for hydroxylation is 4. The van der Waals surface area contributed by atoms with Crippen LogP contribution in [0, 0.1) is 20.8 Å². The lowest BCUT2D eigenvalue weighted by Crippen LogP contribution is -2.07. The van der Waals surface area contributed by atoms with Crippen LogP contribution in [0.5, 0.6) is 0 Å². The quantitative estimate of drug-likeness (QED) is 0.776. The van der Waals surface area contributed by atoms with Gasteiger partial charge in [-0.05, 0) is 31.9 Å². The van der Waals surface area contributed by atoms with E-state index in [1.54, 1.807) is 13.1 Å². The Hall–Kier alpha value is -2.17. The van der Waals surface area contributed by atoms with Gasteiger partial charge in [-0.3, -0.25) is 9.67 Å². The largest absolute Gasteiger partial charge is 0.464 e. The van der Waals surface area contributed by atoms with Crippen LogP contribution in [0.2, 0.25) is 0 Å². The van der Waals surface area contributed by atoms with Crippen LogP contribution in [0.4, 0.5) is 0 Å². The van der Waals surface area contributed by atoms with E-state index in [0.29, 0.717) is 11.4 Å². The van der Waals surface area contributed by atoms with Crippen LogP contribution in [-0.2, 0) is 11.8 Å². The van der Waals surface area contributed by atoms with Crippen molar-refractivity contribution in [2.45, 2.75) is 20.8 Å². The number of aromatic nitrogens is 3. The van der Waals surface area contributed by atoms with E-state index in [4.69, 9.17) is 4.74 Å². The highest BCUT2D eigenvalue weighted by Crippen LogP contribution is 2.23. The summed E-state index contributed by atoms with van der Waals surface area (Å²) in [6.07, 6.45) is 0. The molecule has 0 saturated heterocycles. The van der Waals surface area contributed by atoms with Crippen LogP contribution in [0.3, 0.4) is 0 Å². The molecule has 0 amide bonds. The highest BCUT2D eigenvalue weighted by molar-refractivity contribution is 5.88. The van der Waals surface area contributed by atoms with Crippen LogP contribution in [0.15, 0.2) is 12.1 Å². The molecule has 5 heteroatoms. The second-order valence-electron chi connectivity index (χ2n) is 4.59. The lowest BCUT2D eigenvalue weighted by Gasteiger charge is -2.06. The fourth-order valence-electron chi connectivity index (χ4n) is 1.98. The molecule has 2 rings (SSSR count). The van der Waals surface area contributed by atoms with E-state index >= 15 is 0 Å². The van der Waals surface area contributed by atoms with Crippen molar-refractivity contribution >= 4 is 5.97 Å². The molecule has 0 saturated carbocycles. The Labute approximate surface area is 112 Å². The summed E-state index contributed by atoms with van der Waals surface area (Å²) in [5, 5.41) is 4.33. The molecule has 0 aromatic carbocycles. The normalized spacial score (nSPS) is 10.6. The van der Waals surface area contributed by atoms with Crippen LogP contribution in [0.25, 0.3) is 11.4 Å². The summed E-state index contributed by atoms with van der Waals surface area (Å²) in [7, 11) is 3.07. The molecule has 100 valence electrons. The fourth-order valence-corrected chi connectivity index (χ4v) is 1.98. The van der Waals surface area contributed by atoms with Crippen LogP contribution >= 0.6 is 0 Å². The van der Waals surface area contributed by atoms with Crippen LogP contribution in [0.1, 0.15) is 27.3 Å². The van der Waals surface area contributed by atoms with Gasteiger partial charge in [0.1, 0.15) is 11.4 Å². The Morgan fingerprint density at radius 2 is 1.89 bits per heavy atom. The second-order valence-corrected chi connectivity index (χ2v) is 4.59. The van der Waals surface area contributed by atoms with Gasteiger partial charge in [0.15, 0.2) is 0 Å². The van der Waals surface area contributed by atoms with Crippen molar-refractivity contribution in [1.29, 1.82) is 0 Å². The minimum atomic E-state index is -0.400. The van der Waals surface area contributed by atoms with Crippen molar-refractivity contribution in [1.82, 2.24) is 14.8 Å². The van der Waals surface area contributed by atoms with Crippen LogP contribution < -0.4 is 0 Å².